The Bertz CT molecular complexity index is 502. The fraction of sp³-hybridized carbons (Fsp3) is 0.632. The zero-order valence-corrected chi connectivity index (χ0v) is 13.0. The van der Waals surface area contributed by atoms with E-state index in [9.17, 15) is 4.79 Å². The first-order valence-corrected chi connectivity index (χ1v) is 8.05. The standard InChI is InChI=1S/C19H26O/c1-18(2)16-12-13-19(18,3)17(20)15(16)11-7-10-14-8-5-4-6-9-14/h4-6,8-9,15-16H,7,10-13H2,1-3H3/t15-,16-,19-/m1/s1. The highest BCUT2D eigenvalue weighted by molar-refractivity contribution is 5.91. The lowest BCUT2D eigenvalue weighted by molar-refractivity contribution is -0.131. The molecule has 2 bridgehead atoms. The number of carbonyl (C=O) groups excluding carboxylic acids is 1. The molecule has 2 fully saturated rings. The Kier molecular flexibility index (Phi) is 3.27. The molecule has 0 amide bonds. The van der Waals surface area contributed by atoms with Crippen LogP contribution in [0.1, 0.15) is 52.0 Å². The Morgan fingerprint density at radius 1 is 1.15 bits per heavy atom. The van der Waals surface area contributed by atoms with E-state index in [2.05, 4.69) is 51.1 Å². The molecule has 3 atom stereocenters. The summed E-state index contributed by atoms with van der Waals surface area (Å²) in [4.78, 5) is 12.7. The molecule has 0 radical (unpaired) electrons. The molecule has 0 aromatic heterocycles. The van der Waals surface area contributed by atoms with Crippen molar-refractivity contribution >= 4 is 5.78 Å². The molecule has 3 rings (SSSR count). The van der Waals surface area contributed by atoms with Crippen molar-refractivity contribution in [1.82, 2.24) is 0 Å². The molecule has 108 valence electrons. The van der Waals surface area contributed by atoms with Gasteiger partial charge >= 0.3 is 0 Å². The molecule has 0 aliphatic heterocycles. The van der Waals surface area contributed by atoms with Gasteiger partial charge in [0.05, 0.1) is 0 Å². The lowest BCUT2D eigenvalue weighted by Gasteiger charge is -2.32. The largest absolute Gasteiger partial charge is 0.299 e. The molecule has 0 saturated heterocycles. The summed E-state index contributed by atoms with van der Waals surface area (Å²) < 4.78 is 0. The van der Waals surface area contributed by atoms with Gasteiger partial charge in [0.25, 0.3) is 0 Å². The number of carbonyl (C=O) groups is 1. The smallest absolute Gasteiger partial charge is 0.142 e. The van der Waals surface area contributed by atoms with E-state index >= 15 is 0 Å². The number of hydrogen-bond donors (Lipinski definition) is 0. The summed E-state index contributed by atoms with van der Waals surface area (Å²) in [6.45, 7) is 6.85. The number of benzene rings is 1. The van der Waals surface area contributed by atoms with Crippen LogP contribution in [-0.2, 0) is 11.2 Å². The predicted molar refractivity (Wildman–Crippen MR) is 82.5 cm³/mol. The summed E-state index contributed by atoms with van der Waals surface area (Å²) in [5.74, 6) is 1.51. The van der Waals surface area contributed by atoms with Crippen molar-refractivity contribution in [2.45, 2.75) is 52.9 Å². The zero-order valence-electron chi connectivity index (χ0n) is 13.0. The normalized spacial score (nSPS) is 34.6. The molecule has 1 nitrogen and oxygen atoms in total. The fourth-order valence-electron chi connectivity index (χ4n) is 4.78. The number of hydrogen-bond acceptors (Lipinski definition) is 1. The highest BCUT2D eigenvalue weighted by atomic mass is 16.1. The topological polar surface area (TPSA) is 17.1 Å². The van der Waals surface area contributed by atoms with Gasteiger partial charge in [-0.05, 0) is 49.0 Å². The van der Waals surface area contributed by atoms with Crippen LogP contribution in [0.25, 0.3) is 0 Å². The second kappa shape index (κ2) is 4.72. The van der Waals surface area contributed by atoms with E-state index in [0.717, 1.165) is 25.7 Å². The zero-order chi connectivity index (χ0) is 14.4. The minimum absolute atomic E-state index is 0.0465. The third kappa shape index (κ3) is 1.86. The molecule has 2 saturated carbocycles. The summed E-state index contributed by atoms with van der Waals surface area (Å²) in [7, 11) is 0. The van der Waals surface area contributed by atoms with Crippen molar-refractivity contribution < 1.29 is 4.79 Å². The maximum atomic E-state index is 12.7. The minimum Gasteiger partial charge on any atom is -0.299 e. The van der Waals surface area contributed by atoms with Crippen LogP contribution >= 0.6 is 0 Å². The Labute approximate surface area is 122 Å². The van der Waals surface area contributed by atoms with Gasteiger partial charge in [0.2, 0.25) is 0 Å². The van der Waals surface area contributed by atoms with Crippen molar-refractivity contribution in [3.63, 3.8) is 0 Å². The van der Waals surface area contributed by atoms with E-state index < -0.39 is 0 Å². The first kappa shape index (κ1) is 13.9. The Morgan fingerprint density at radius 3 is 2.45 bits per heavy atom. The van der Waals surface area contributed by atoms with Crippen molar-refractivity contribution in [2.75, 3.05) is 0 Å². The second-order valence-corrected chi connectivity index (χ2v) is 7.55. The quantitative estimate of drug-likeness (QED) is 0.778. The van der Waals surface area contributed by atoms with Crippen LogP contribution in [-0.4, -0.2) is 5.78 Å². The van der Waals surface area contributed by atoms with E-state index in [1.807, 2.05) is 0 Å². The van der Waals surface area contributed by atoms with Gasteiger partial charge in [0.15, 0.2) is 0 Å². The van der Waals surface area contributed by atoms with Crippen molar-refractivity contribution in [2.24, 2.45) is 22.7 Å². The fourth-order valence-corrected chi connectivity index (χ4v) is 4.78. The number of ketones is 1. The van der Waals surface area contributed by atoms with E-state index in [0.29, 0.717) is 17.6 Å². The molecule has 2 aliphatic carbocycles. The van der Waals surface area contributed by atoms with Gasteiger partial charge in [-0.25, -0.2) is 0 Å². The number of Topliss-reactive ketones (excluding diaryl/α,β-unsaturated/α-hetero) is 1. The van der Waals surface area contributed by atoms with Crippen molar-refractivity contribution in [3.05, 3.63) is 35.9 Å². The first-order chi connectivity index (χ1) is 9.47. The lowest BCUT2D eigenvalue weighted by Crippen LogP contribution is -2.33. The lowest BCUT2D eigenvalue weighted by atomic mass is 9.70. The maximum absolute atomic E-state index is 12.7. The van der Waals surface area contributed by atoms with Gasteiger partial charge in [0, 0.05) is 11.3 Å². The average molecular weight is 270 g/mol. The second-order valence-electron chi connectivity index (χ2n) is 7.55. The van der Waals surface area contributed by atoms with Crippen LogP contribution in [0.5, 0.6) is 0 Å². The third-order valence-corrected chi connectivity index (χ3v) is 6.49. The molecule has 0 heterocycles. The first-order valence-electron chi connectivity index (χ1n) is 8.05. The van der Waals surface area contributed by atoms with Crippen LogP contribution in [0.3, 0.4) is 0 Å². The molecule has 0 unspecified atom stereocenters. The van der Waals surface area contributed by atoms with Crippen LogP contribution in [0.2, 0.25) is 0 Å². The van der Waals surface area contributed by atoms with Crippen LogP contribution in [0.4, 0.5) is 0 Å². The SMILES string of the molecule is CC1(C)[C@@H]2CC[C@]1(C)C(=O)[C@@H]2CCCc1ccccc1. The molecule has 1 aromatic carbocycles. The molecule has 0 spiro atoms. The van der Waals surface area contributed by atoms with Crippen LogP contribution < -0.4 is 0 Å². The maximum Gasteiger partial charge on any atom is 0.142 e. The molecular formula is C19H26O. The van der Waals surface area contributed by atoms with Gasteiger partial charge in [0.1, 0.15) is 5.78 Å². The Morgan fingerprint density at radius 2 is 1.85 bits per heavy atom. The van der Waals surface area contributed by atoms with Gasteiger partial charge in [-0.3, -0.25) is 4.79 Å². The highest BCUT2D eigenvalue weighted by Gasteiger charge is 2.65. The van der Waals surface area contributed by atoms with E-state index in [1.165, 1.54) is 12.0 Å². The summed E-state index contributed by atoms with van der Waals surface area (Å²) in [6, 6.07) is 10.6. The molecule has 1 heteroatoms. The summed E-state index contributed by atoms with van der Waals surface area (Å²) in [5.41, 5.74) is 1.56. The van der Waals surface area contributed by atoms with E-state index in [4.69, 9.17) is 0 Å². The van der Waals surface area contributed by atoms with Crippen LogP contribution in [0.15, 0.2) is 30.3 Å². The van der Waals surface area contributed by atoms with Crippen molar-refractivity contribution in [1.29, 1.82) is 0 Å². The molecule has 1 aromatic rings. The average Bonchev–Trinajstić information content (AvgIpc) is 2.74. The Balaban J connectivity index is 1.64. The molecular weight excluding hydrogens is 244 g/mol. The predicted octanol–water partition coefficient (Wildman–Crippen LogP) is 4.65. The summed E-state index contributed by atoms with van der Waals surface area (Å²) in [5, 5.41) is 0. The summed E-state index contributed by atoms with van der Waals surface area (Å²) >= 11 is 0. The van der Waals surface area contributed by atoms with E-state index in [1.54, 1.807) is 0 Å². The monoisotopic (exact) mass is 270 g/mol. The molecule has 0 N–H and O–H groups in total. The third-order valence-electron chi connectivity index (χ3n) is 6.49. The summed E-state index contributed by atoms with van der Waals surface area (Å²) in [6.07, 6.45) is 5.69. The van der Waals surface area contributed by atoms with Gasteiger partial charge in [-0.1, -0.05) is 51.1 Å². The van der Waals surface area contributed by atoms with Gasteiger partial charge < -0.3 is 0 Å². The minimum atomic E-state index is -0.0465. The van der Waals surface area contributed by atoms with Gasteiger partial charge in [-0.2, -0.15) is 0 Å². The van der Waals surface area contributed by atoms with Crippen molar-refractivity contribution in [3.8, 4) is 0 Å². The highest BCUT2D eigenvalue weighted by Crippen LogP contribution is 2.66. The number of fused-ring (bicyclic) bond motifs is 2. The molecule has 2 aliphatic rings. The Hall–Kier alpha value is -1.11. The van der Waals surface area contributed by atoms with Crippen LogP contribution in [0, 0.1) is 22.7 Å². The number of aryl methyl sites for hydroxylation is 1. The van der Waals surface area contributed by atoms with E-state index in [-0.39, 0.29) is 10.8 Å². The number of rotatable bonds is 4. The van der Waals surface area contributed by atoms with Gasteiger partial charge in [-0.15, -0.1) is 0 Å². The molecule has 20 heavy (non-hydrogen) atoms.